The van der Waals surface area contributed by atoms with E-state index in [1.165, 1.54) is 18.3 Å². The van der Waals surface area contributed by atoms with Crippen molar-refractivity contribution in [2.45, 2.75) is 5.03 Å². The molecule has 1 aromatic heterocycles. The number of hydrogen-bond acceptors (Lipinski definition) is 6. The van der Waals surface area contributed by atoms with Crippen LogP contribution in [0.25, 0.3) is 0 Å². The largest absolute Gasteiger partial charge is 0.397 e. The number of aliphatic hydroxyl groups is 2. The maximum absolute atomic E-state index is 12.0. The molecule has 0 spiro atoms. The van der Waals surface area contributed by atoms with E-state index >= 15 is 0 Å². The van der Waals surface area contributed by atoms with Gasteiger partial charge in [0.15, 0.2) is 5.03 Å². The summed E-state index contributed by atoms with van der Waals surface area (Å²) in [6, 6.07) is 2.71. The van der Waals surface area contributed by atoms with Crippen LogP contribution in [0.5, 0.6) is 0 Å². The summed E-state index contributed by atoms with van der Waals surface area (Å²) >= 11 is 0. The molecule has 1 rings (SSSR count). The molecule has 0 saturated carbocycles. The SMILES string of the molecule is Nc1ccc(S(=O)(=O)N(CCO)CCO)nc1. The summed E-state index contributed by atoms with van der Waals surface area (Å²) in [5.74, 6) is 0. The lowest BCUT2D eigenvalue weighted by atomic mass is 10.4. The lowest BCUT2D eigenvalue weighted by Crippen LogP contribution is -2.36. The highest BCUT2D eigenvalue weighted by molar-refractivity contribution is 7.89. The molecule has 7 nitrogen and oxygen atoms in total. The minimum atomic E-state index is -3.80. The van der Waals surface area contributed by atoms with E-state index in [4.69, 9.17) is 15.9 Å². The third-order valence-corrected chi connectivity index (χ3v) is 3.88. The first-order valence-corrected chi connectivity index (χ1v) is 6.39. The van der Waals surface area contributed by atoms with Crippen LogP contribution in [0.4, 0.5) is 5.69 Å². The minimum Gasteiger partial charge on any atom is -0.397 e. The number of aliphatic hydroxyl groups excluding tert-OH is 2. The molecule has 0 aromatic carbocycles. The lowest BCUT2D eigenvalue weighted by molar-refractivity contribution is 0.217. The fraction of sp³-hybridized carbons (Fsp3) is 0.444. The summed E-state index contributed by atoms with van der Waals surface area (Å²) in [4.78, 5) is 3.72. The van der Waals surface area contributed by atoms with Gasteiger partial charge in [0.2, 0.25) is 0 Å². The minimum absolute atomic E-state index is 0.0883. The third-order valence-electron chi connectivity index (χ3n) is 2.06. The Morgan fingerprint density at radius 2 is 1.82 bits per heavy atom. The number of aromatic nitrogens is 1. The van der Waals surface area contributed by atoms with Crippen molar-refractivity contribution in [1.82, 2.24) is 9.29 Å². The zero-order chi connectivity index (χ0) is 12.9. The van der Waals surface area contributed by atoms with Crippen LogP contribution in [0, 0.1) is 0 Å². The molecule has 0 saturated heterocycles. The van der Waals surface area contributed by atoms with E-state index in [1.807, 2.05) is 0 Å². The molecular weight excluding hydrogens is 246 g/mol. The molecule has 1 heterocycles. The molecule has 0 aliphatic rings. The van der Waals surface area contributed by atoms with Gasteiger partial charge in [-0.05, 0) is 12.1 Å². The van der Waals surface area contributed by atoms with E-state index in [2.05, 4.69) is 4.98 Å². The van der Waals surface area contributed by atoms with Crippen LogP contribution in [0.3, 0.4) is 0 Å². The number of sulfonamides is 1. The Labute approximate surface area is 99.6 Å². The summed E-state index contributed by atoms with van der Waals surface area (Å²) < 4.78 is 25.0. The molecular formula is C9H15N3O4S. The fourth-order valence-corrected chi connectivity index (χ4v) is 2.59. The van der Waals surface area contributed by atoms with Gasteiger partial charge in [0.1, 0.15) is 0 Å². The molecule has 0 fully saturated rings. The van der Waals surface area contributed by atoms with E-state index in [0.717, 1.165) is 4.31 Å². The predicted molar refractivity (Wildman–Crippen MR) is 61.6 cm³/mol. The average molecular weight is 261 g/mol. The first kappa shape index (κ1) is 13.8. The Bertz CT molecular complexity index is 440. The van der Waals surface area contributed by atoms with Crippen LogP contribution in [0.15, 0.2) is 23.4 Å². The number of nitrogens with zero attached hydrogens (tertiary/aromatic N) is 2. The predicted octanol–water partition coefficient (Wildman–Crippen LogP) is -1.36. The second-order valence-corrected chi connectivity index (χ2v) is 5.17. The Hall–Kier alpha value is -1.22. The highest BCUT2D eigenvalue weighted by Crippen LogP contribution is 2.13. The van der Waals surface area contributed by atoms with Crippen LogP contribution < -0.4 is 5.73 Å². The van der Waals surface area contributed by atoms with Gasteiger partial charge in [-0.15, -0.1) is 0 Å². The van der Waals surface area contributed by atoms with Gasteiger partial charge >= 0.3 is 0 Å². The Morgan fingerprint density at radius 3 is 2.24 bits per heavy atom. The van der Waals surface area contributed by atoms with Gasteiger partial charge in [-0.1, -0.05) is 0 Å². The normalized spacial score (nSPS) is 11.9. The number of rotatable bonds is 6. The smallest absolute Gasteiger partial charge is 0.260 e. The van der Waals surface area contributed by atoms with E-state index in [1.54, 1.807) is 0 Å². The summed E-state index contributed by atoms with van der Waals surface area (Å²) in [7, 11) is -3.80. The summed E-state index contributed by atoms with van der Waals surface area (Å²) in [6.07, 6.45) is 1.24. The number of pyridine rings is 1. The number of hydrogen-bond donors (Lipinski definition) is 3. The summed E-state index contributed by atoms with van der Waals surface area (Å²) in [5, 5.41) is 17.4. The fourth-order valence-electron chi connectivity index (χ4n) is 1.25. The maximum atomic E-state index is 12.0. The monoisotopic (exact) mass is 261 g/mol. The Morgan fingerprint density at radius 1 is 1.24 bits per heavy atom. The molecule has 0 aliphatic carbocycles. The van der Waals surface area contributed by atoms with Gasteiger partial charge in [0.05, 0.1) is 25.1 Å². The van der Waals surface area contributed by atoms with Crippen LogP contribution >= 0.6 is 0 Å². The van der Waals surface area contributed by atoms with Gasteiger partial charge in [-0.25, -0.2) is 13.4 Å². The molecule has 0 amide bonds. The van der Waals surface area contributed by atoms with Crippen LogP contribution in [0.2, 0.25) is 0 Å². The molecule has 17 heavy (non-hydrogen) atoms. The molecule has 1 aromatic rings. The first-order chi connectivity index (χ1) is 8.02. The van der Waals surface area contributed by atoms with Gasteiger partial charge in [0, 0.05) is 13.1 Å². The Balaban J connectivity index is 3.02. The van der Waals surface area contributed by atoms with Gasteiger partial charge in [-0.3, -0.25) is 0 Å². The molecule has 0 bridgehead atoms. The number of nitrogens with two attached hydrogens (primary N) is 1. The van der Waals surface area contributed by atoms with Gasteiger partial charge < -0.3 is 15.9 Å². The van der Waals surface area contributed by atoms with Gasteiger partial charge in [0.25, 0.3) is 10.0 Å². The Kier molecular flexibility index (Phi) is 4.82. The number of nitrogen functional groups attached to an aromatic ring is 1. The summed E-state index contributed by atoms with van der Waals surface area (Å²) in [5.41, 5.74) is 5.77. The maximum Gasteiger partial charge on any atom is 0.260 e. The standard InChI is InChI=1S/C9H15N3O4S/c10-8-1-2-9(11-7-8)17(15,16)12(3-5-13)4-6-14/h1-2,7,13-14H,3-6,10H2. The average Bonchev–Trinajstić information content (AvgIpc) is 2.29. The molecule has 8 heteroatoms. The van der Waals surface area contributed by atoms with Crippen LogP contribution in [-0.2, 0) is 10.0 Å². The quantitative estimate of drug-likeness (QED) is 0.582. The lowest BCUT2D eigenvalue weighted by Gasteiger charge is -2.19. The van der Waals surface area contributed by atoms with Crippen molar-refractivity contribution in [3.63, 3.8) is 0 Å². The topological polar surface area (TPSA) is 117 Å². The van der Waals surface area contributed by atoms with Gasteiger partial charge in [-0.2, -0.15) is 4.31 Å². The van der Waals surface area contributed by atoms with Crippen molar-refractivity contribution in [3.8, 4) is 0 Å². The summed E-state index contributed by atoms with van der Waals surface area (Å²) in [6.45, 7) is -0.827. The molecule has 0 unspecified atom stereocenters. The van der Waals surface area contributed by atoms with Crippen LogP contribution in [0.1, 0.15) is 0 Å². The van der Waals surface area contributed by atoms with Crippen molar-refractivity contribution in [2.75, 3.05) is 32.0 Å². The number of anilines is 1. The molecule has 4 N–H and O–H groups in total. The van der Waals surface area contributed by atoms with Crippen molar-refractivity contribution in [2.24, 2.45) is 0 Å². The van der Waals surface area contributed by atoms with Crippen molar-refractivity contribution in [1.29, 1.82) is 0 Å². The zero-order valence-corrected chi connectivity index (χ0v) is 9.97. The second kappa shape index (κ2) is 5.92. The first-order valence-electron chi connectivity index (χ1n) is 4.95. The van der Waals surface area contributed by atoms with Crippen molar-refractivity contribution < 1.29 is 18.6 Å². The highest BCUT2D eigenvalue weighted by Gasteiger charge is 2.24. The molecule has 96 valence electrons. The van der Waals surface area contributed by atoms with Crippen molar-refractivity contribution >= 4 is 15.7 Å². The molecule has 0 atom stereocenters. The molecule has 0 aliphatic heterocycles. The van der Waals surface area contributed by atoms with Crippen molar-refractivity contribution in [3.05, 3.63) is 18.3 Å². The third kappa shape index (κ3) is 3.37. The van der Waals surface area contributed by atoms with E-state index in [-0.39, 0.29) is 31.3 Å². The highest BCUT2D eigenvalue weighted by atomic mass is 32.2. The zero-order valence-electron chi connectivity index (χ0n) is 9.15. The van der Waals surface area contributed by atoms with E-state index in [9.17, 15) is 8.42 Å². The van der Waals surface area contributed by atoms with E-state index in [0.29, 0.717) is 5.69 Å². The molecule has 0 radical (unpaired) electrons. The second-order valence-electron chi connectivity index (χ2n) is 3.28. The van der Waals surface area contributed by atoms with E-state index < -0.39 is 10.0 Å². The van der Waals surface area contributed by atoms with Crippen LogP contribution in [-0.4, -0.2) is 54.2 Å².